The van der Waals surface area contributed by atoms with Crippen molar-refractivity contribution in [1.82, 2.24) is 15.5 Å². The Bertz CT molecular complexity index is 207. The molecule has 1 fully saturated rings. The van der Waals surface area contributed by atoms with Crippen molar-refractivity contribution in [3.63, 3.8) is 0 Å². The number of ether oxygens (including phenoxy) is 1. The molecule has 1 rings (SSSR count). The zero-order valence-corrected chi connectivity index (χ0v) is 10.0. The lowest BCUT2D eigenvalue weighted by molar-refractivity contribution is -0.150. The SMILES string of the molecule is CNCCN(CC1CNCCO1)CC(F)(F)F. The van der Waals surface area contributed by atoms with Gasteiger partial charge in [-0.3, -0.25) is 4.90 Å². The van der Waals surface area contributed by atoms with Crippen molar-refractivity contribution < 1.29 is 17.9 Å². The van der Waals surface area contributed by atoms with E-state index in [-0.39, 0.29) is 6.10 Å². The molecule has 1 aliphatic heterocycles. The van der Waals surface area contributed by atoms with Crippen molar-refractivity contribution in [3.8, 4) is 0 Å². The van der Waals surface area contributed by atoms with Crippen LogP contribution < -0.4 is 10.6 Å². The van der Waals surface area contributed by atoms with Crippen molar-refractivity contribution in [2.45, 2.75) is 12.3 Å². The summed E-state index contributed by atoms with van der Waals surface area (Å²) in [5.41, 5.74) is 0. The van der Waals surface area contributed by atoms with Gasteiger partial charge in [-0.1, -0.05) is 0 Å². The van der Waals surface area contributed by atoms with Gasteiger partial charge >= 0.3 is 6.18 Å². The number of morpholine rings is 1. The minimum absolute atomic E-state index is 0.150. The van der Waals surface area contributed by atoms with Crippen LogP contribution >= 0.6 is 0 Å². The second-order valence-electron chi connectivity index (χ2n) is 4.15. The first-order chi connectivity index (χ1) is 8.01. The maximum atomic E-state index is 12.4. The van der Waals surface area contributed by atoms with Crippen LogP contribution in [0.1, 0.15) is 0 Å². The van der Waals surface area contributed by atoms with Crippen LogP contribution in [-0.4, -0.2) is 70.1 Å². The largest absolute Gasteiger partial charge is 0.401 e. The summed E-state index contributed by atoms with van der Waals surface area (Å²) in [7, 11) is 1.73. The molecule has 0 aromatic heterocycles. The van der Waals surface area contributed by atoms with Gasteiger partial charge < -0.3 is 15.4 Å². The van der Waals surface area contributed by atoms with Gasteiger partial charge in [0.2, 0.25) is 0 Å². The number of hydrogen-bond acceptors (Lipinski definition) is 4. The lowest BCUT2D eigenvalue weighted by Crippen LogP contribution is -2.48. The number of rotatable bonds is 6. The molecule has 0 aromatic carbocycles. The number of nitrogens with one attached hydrogen (secondary N) is 2. The van der Waals surface area contributed by atoms with Gasteiger partial charge in [-0.05, 0) is 7.05 Å². The second-order valence-corrected chi connectivity index (χ2v) is 4.15. The molecule has 7 heteroatoms. The van der Waals surface area contributed by atoms with Gasteiger partial charge in [-0.25, -0.2) is 0 Å². The highest BCUT2D eigenvalue weighted by molar-refractivity contribution is 4.74. The van der Waals surface area contributed by atoms with Gasteiger partial charge in [0.05, 0.1) is 19.3 Å². The zero-order valence-electron chi connectivity index (χ0n) is 10.0. The molecule has 0 amide bonds. The summed E-state index contributed by atoms with van der Waals surface area (Å²) in [6.07, 6.45) is -4.31. The molecular formula is C10H20F3N3O. The topological polar surface area (TPSA) is 36.5 Å². The van der Waals surface area contributed by atoms with E-state index < -0.39 is 12.7 Å². The van der Waals surface area contributed by atoms with Gasteiger partial charge in [-0.15, -0.1) is 0 Å². The van der Waals surface area contributed by atoms with Crippen molar-refractivity contribution in [1.29, 1.82) is 0 Å². The van der Waals surface area contributed by atoms with E-state index in [1.54, 1.807) is 7.05 Å². The van der Waals surface area contributed by atoms with Crippen LogP contribution in [-0.2, 0) is 4.74 Å². The third kappa shape index (κ3) is 6.82. The van der Waals surface area contributed by atoms with Crippen molar-refractivity contribution >= 4 is 0 Å². The third-order valence-electron chi connectivity index (χ3n) is 2.55. The summed E-state index contributed by atoms with van der Waals surface area (Å²) in [5.74, 6) is 0. The second kappa shape index (κ2) is 7.15. The summed E-state index contributed by atoms with van der Waals surface area (Å²) in [6, 6.07) is 0. The highest BCUT2D eigenvalue weighted by atomic mass is 19.4. The van der Waals surface area contributed by atoms with Gasteiger partial charge in [0, 0.05) is 32.7 Å². The maximum absolute atomic E-state index is 12.4. The molecule has 1 heterocycles. The Morgan fingerprint density at radius 2 is 2.24 bits per heavy atom. The Morgan fingerprint density at radius 1 is 1.47 bits per heavy atom. The van der Waals surface area contributed by atoms with E-state index in [0.29, 0.717) is 32.8 Å². The van der Waals surface area contributed by atoms with Crippen LogP contribution in [0.5, 0.6) is 0 Å². The monoisotopic (exact) mass is 255 g/mol. The molecule has 0 bridgehead atoms. The summed E-state index contributed by atoms with van der Waals surface area (Å²) in [5, 5.41) is 5.97. The van der Waals surface area contributed by atoms with Crippen LogP contribution in [0, 0.1) is 0 Å². The summed E-state index contributed by atoms with van der Waals surface area (Å²) in [4.78, 5) is 1.38. The van der Waals surface area contributed by atoms with E-state index in [1.165, 1.54) is 4.90 Å². The van der Waals surface area contributed by atoms with Gasteiger partial charge in [0.15, 0.2) is 0 Å². The molecule has 102 valence electrons. The fraction of sp³-hybridized carbons (Fsp3) is 1.00. The van der Waals surface area contributed by atoms with Gasteiger partial charge in [0.25, 0.3) is 0 Å². The highest BCUT2D eigenvalue weighted by Crippen LogP contribution is 2.16. The number of nitrogens with zero attached hydrogens (tertiary/aromatic N) is 1. The predicted octanol–water partition coefficient (Wildman–Crippen LogP) is 0.0585. The zero-order chi connectivity index (χ0) is 12.7. The van der Waals surface area contributed by atoms with E-state index in [2.05, 4.69) is 10.6 Å². The lowest BCUT2D eigenvalue weighted by Gasteiger charge is -2.30. The number of alkyl halides is 3. The molecule has 0 aromatic rings. The standard InChI is InChI=1S/C10H20F3N3O/c1-14-2-4-16(8-10(11,12)13)7-9-6-15-3-5-17-9/h9,14-15H,2-8H2,1H3. The molecule has 0 spiro atoms. The Hall–Kier alpha value is -0.370. The fourth-order valence-electron chi connectivity index (χ4n) is 1.78. The van der Waals surface area contributed by atoms with Gasteiger partial charge in [-0.2, -0.15) is 13.2 Å². The average molecular weight is 255 g/mol. The van der Waals surface area contributed by atoms with Crippen molar-refractivity contribution in [3.05, 3.63) is 0 Å². The summed E-state index contributed by atoms with van der Waals surface area (Å²) in [6.45, 7) is 2.30. The van der Waals surface area contributed by atoms with Crippen LogP contribution in [0.3, 0.4) is 0 Å². The first-order valence-electron chi connectivity index (χ1n) is 5.77. The molecule has 17 heavy (non-hydrogen) atoms. The van der Waals surface area contributed by atoms with Crippen molar-refractivity contribution in [2.24, 2.45) is 0 Å². The molecule has 1 saturated heterocycles. The Morgan fingerprint density at radius 3 is 2.76 bits per heavy atom. The number of hydrogen-bond donors (Lipinski definition) is 2. The smallest absolute Gasteiger partial charge is 0.374 e. The molecule has 0 aliphatic carbocycles. The molecule has 1 unspecified atom stereocenters. The Balaban J connectivity index is 2.38. The van der Waals surface area contributed by atoms with Crippen LogP contribution in [0.2, 0.25) is 0 Å². The Kier molecular flexibility index (Phi) is 6.18. The minimum atomic E-state index is -4.16. The number of halogens is 3. The molecule has 2 N–H and O–H groups in total. The molecule has 0 saturated carbocycles. The van der Waals surface area contributed by atoms with E-state index in [1.807, 2.05) is 0 Å². The van der Waals surface area contributed by atoms with E-state index in [0.717, 1.165) is 6.54 Å². The average Bonchev–Trinajstić information content (AvgIpc) is 2.25. The van der Waals surface area contributed by atoms with Crippen LogP contribution in [0.25, 0.3) is 0 Å². The van der Waals surface area contributed by atoms with E-state index in [9.17, 15) is 13.2 Å². The normalized spacial score (nSPS) is 22.1. The quantitative estimate of drug-likeness (QED) is 0.703. The van der Waals surface area contributed by atoms with Crippen LogP contribution in [0.4, 0.5) is 13.2 Å². The lowest BCUT2D eigenvalue weighted by atomic mass is 10.2. The molecular weight excluding hydrogens is 235 g/mol. The molecule has 1 aliphatic rings. The molecule has 0 radical (unpaired) electrons. The first kappa shape index (κ1) is 14.7. The maximum Gasteiger partial charge on any atom is 0.401 e. The van der Waals surface area contributed by atoms with E-state index in [4.69, 9.17) is 4.74 Å². The molecule has 4 nitrogen and oxygen atoms in total. The van der Waals surface area contributed by atoms with E-state index >= 15 is 0 Å². The van der Waals surface area contributed by atoms with Crippen molar-refractivity contribution in [2.75, 3.05) is 52.9 Å². The summed E-state index contributed by atoms with van der Waals surface area (Å²) >= 11 is 0. The fourth-order valence-corrected chi connectivity index (χ4v) is 1.78. The highest BCUT2D eigenvalue weighted by Gasteiger charge is 2.31. The number of likely N-dealkylation sites (N-methyl/N-ethyl adjacent to an activating group) is 1. The third-order valence-corrected chi connectivity index (χ3v) is 2.55. The molecule has 1 atom stereocenters. The first-order valence-corrected chi connectivity index (χ1v) is 5.77. The van der Waals surface area contributed by atoms with Gasteiger partial charge in [0.1, 0.15) is 0 Å². The van der Waals surface area contributed by atoms with Crippen LogP contribution in [0.15, 0.2) is 0 Å². The minimum Gasteiger partial charge on any atom is -0.374 e. The summed E-state index contributed by atoms with van der Waals surface area (Å²) < 4.78 is 42.5. The predicted molar refractivity (Wildman–Crippen MR) is 59.0 cm³/mol. The Labute approximate surface area is 99.5 Å².